The average Bonchev–Trinajstić information content (AvgIpc) is 1.52. The predicted octanol–water partition coefficient (Wildman–Crippen LogP) is 28.0. The molecule has 0 amide bonds. The minimum absolute atomic E-state index is 0.0555. The molecule has 6 aliphatic heterocycles. The number of benzene rings is 7. The van der Waals surface area contributed by atoms with E-state index >= 15 is 0 Å². The Bertz CT molecular complexity index is 7120. The van der Waals surface area contributed by atoms with Gasteiger partial charge in [-0.15, -0.1) is 0 Å². The lowest BCUT2D eigenvalue weighted by molar-refractivity contribution is -0.660. The normalized spacial score (nSPS) is 21.2. The number of aryl methyl sites for hydroxylation is 12. The van der Waals surface area contributed by atoms with Gasteiger partial charge in [-0.1, -0.05) is 181 Å². The Balaban J connectivity index is 0.0000000946. The SMILES string of the molecule is Cc1ccc2c(c1-c1cccc[n+]1C)OC(C)(C)C21CCCC1.Cc1ccc2c(c1-c1cccc[n+]1C)OC1(CC1)C21CCCC1.Cc1ccc2c(c1-c1cccc[n+]1C)OC1(CCCC1)C21CCCC1.Cc1ccc2c(c1-c1cccc[n+]1C)OC1(CCCCC1)C21CCCC1.Cc1ccc2c(c1-c1cccc[n+]1C)OC1(Cc3ccccc3C1)C21CCCC1.Cc1ccc2c(c1-c1cccc[n+]1C)OCC21CCCC1. The number of nitrogens with zero attached hydrogens (tertiary/aromatic N) is 6. The molecule has 147 heavy (non-hydrogen) atoms. The maximum absolute atomic E-state index is 7.18. The highest BCUT2D eigenvalue weighted by molar-refractivity contribution is 5.80. The van der Waals surface area contributed by atoms with Crippen LogP contribution in [-0.2, 0) is 87.6 Å². The number of aromatic nitrogens is 6. The molecule has 13 aromatic rings. The second-order valence-corrected chi connectivity index (χ2v) is 48.6. The molecule has 29 rings (SSSR count). The van der Waals surface area contributed by atoms with E-state index < -0.39 is 0 Å². The van der Waals surface area contributed by atoms with Crippen molar-refractivity contribution in [2.24, 2.45) is 42.3 Å². The first-order valence-electron chi connectivity index (χ1n) is 57.0. The molecule has 0 radical (unpaired) electrons. The van der Waals surface area contributed by atoms with Crippen LogP contribution in [0.15, 0.2) is 243 Å². The largest absolute Gasteiger partial charge is 0.491 e. The van der Waals surface area contributed by atoms with Crippen LogP contribution in [0.4, 0.5) is 0 Å². The van der Waals surface area contributed by atoms with E-state index in [0.717, 1.165) is 36.7 Å². The third-order valence-corrected chi connectivity index (χ3v) is 40.6. The highest BCUT2D eigenvalue weighted by Gasteiger charge is 2.70. The highest BCUT2D eigenvalue weighted by atomic mass is 16.5. The van der Waals surface area contributed by atoms with Gasteiger partial charge in [0.05, 0.1) is 40.0 Å². The maximum atomic E-state index is 7.18. The van der Waals surface area contributed by atoms with Crippen LogP contribution in [0.3, 0.4) is 0 Å². The summed E-state index contributed by atoms with van der Waals surface area (Å²) in [7, 11) is 12.8. The van der Waals surface area contributed by atoms with E-state index in [1.165, 1.54) is 387 Å². The van der Waals surface area contributed by atoms with Gasteiger partial charge in [0.15, 0.2) is 37.2 Å². The zero-order valence-electron chi connectivity index (χ0n) is 90.6. The van der Waals surface area contributed by atoms with Crippen LogP contribution in [-0.4, -0.2) is 34.6 Å². The molecule has 10 spiro atoms. The third-order valence-electron chi connectivity index (χ3n) is 40.6. The van der Waals surface area contributed by atoms with Crippen molar-refractivity contribution in [3.63, 3.8) is 0 Å². The van der Waals surface area contributed by atoms with Gasteiger partial charge in [-0.05, 0) is 278 Å². The molecule has 10 aliphatic carbocycles. The van der Waals surface area contributed by atoms with E-state index in [9.17, 15) is 0 Å². The summed E-state index contributed by atoms with van der Waals surface area (Å²) in [4.78, 5) is 0. The van der Waals surface area contributed by atoms with Gasteiger partial charge >= 0.3 is 0 Å². The number of ether oxygens (including phenoxy) is 6. The standard InChI is InChI=1S/C27H28NO.C24H30NO.C23H28NO.C21H24NO.C21H26NO.C19H22NO/c1-19-12-13-22-25(24(19)23-11-5-8-16-28(23)2)29-27(26(22)14-6-7-15-26)17-20-9-3-4-10-21(20)18-27;1-18-11-12-19-22(21(18)20-10-4-9-17-25(20)2)26-24(15-5-3-6-16-24)23(19)13-7-8-14-23;1-17-10-11-18-21(20(17)19-9-3-8-16-24(19)2)25-23(14-6-7-15-23)22(18)12-4-5-13-22;1-15-8-9-16-19(18(15)17-7-3-6-14-22(17)2)23-21(12-13-21)20(16)10-4-5-11-20;1-15-10-11-16-19(18(15)17-9-5-8-14-22(17)4)23-20(2,3)21(16)12-6-7-13-21;1-14-8-9-15-18(21-13-19(15)10-4-5-11-19)17(14)16-7-3-6-12-20(16)2/h3-5,8-13,16H,6-7,14-15,17-18H2,1-2H3;4,9-12,17H,3,5-8,13-16H2,1-2H3;3,8-11,16H,4-7,12-15H2,1-2H3;3,6-9,14H,4-5,10-13H2,1-2H3;5,8-11,14H,6-7,12-13H2,1-4H3;3,6-9,12H,4-5,10-11,13H2,1-2H3/q6*+1. The van der Waals surface area contributed by atoms with Gasteiger partial charge in [0.1, 0.15) is 105 Å². The molecule has 0 saturated heterocycles. The van der Waals surface area contributed by atoms with Crippen LogP contribution in [0, 0.1) is 41.5 Å². The number of hydrogen-bond donors (Lipinski definition) is 0. The van der Waals surface area contributed by atoms with Gasteiger partial charge in [-0.25, -0.2) is 27.4 Å². The Morgan fingerprint density at radius 2 is 0.429 bits per heavy atom. The van der Waals surface area contributed by atoms with Gasteiger partial charge in [0.25, 0.3) is 0 Å². The van der Waals surface area contributed by atoms with Crippen molar-refractivity contribution >= 4 is 0 Å². The molecule has 9 saturated carbocycles. The lowest BCUT2D eigenvalue weighted by atomic mass is 9.62. The summed E-state index contributed by atoms with van der Waals surface area (Å²) in [5.41, 5.74) is 36.4. The molecule has 0 atom stereocenters. The zero-order chi connectivity index (χ0) is 101. The van der Waals surface area contributed by atoms with Crippen LogP contribution < -0.4 is 55.8 Å². The smallest absolute Gasteiger partial charge is 0.216 e. The molecule has 0 unspecified atom stereocenters. The molecule has 758 valence electrons. The molecule has 16 aliphatic rings. The fraction of sp³-hybridized carbons (Fsp3) is 0.467. The summed E-state index contributed by atoms with van der Waals surface area (Å²) >= 11 is 0. The summed E-state index contributed by atoms with van der Waals surface area (Å²) in [5.74, 6) is 7.01. The lowest BCUT2D eigenvalue weighted by Crippen LogP contribution is -2.51. The van der Waals surface area contributed by atoms with Crippen molar-refractivity contribution in [3.8, 4) is 102 Å². The summed E-state index contributed by atoms with van der Waals surface area (Å²) in [6, 6.07) is 75.6. The summed E-state index contributed by atoms with van der Waals surface area (Å²) in [6.45, 7) is 18.7. The molecule has 0 bridgehead atoms. The Kier molecular flexibility index (Phi) is 24.8. The highest BCUT2D eigenvalue weighted by Crippen LogP contribution is 2.71. The van der Waals surface area contributed by atoms with E-state index in [1.54, 1.807) is 0 Å². The Morgan fingerprint density at radius 1 is 0.204 bits per heavy atom. The van der Waals surface area contributed by atoms with Crippen molar-refractivity contribution in [2.45, 2.75) is 353 Å². The number of pyridine rings is 6. The number of rotatable bonds is 6. The van der Waals surface area contributed by atoms with Crippen LogP contribution >= 0.6 is 0 Å². The van der Waals surface area contributed by atoms with Crippen LogP contribution in [0.1, 0.15) is 316 Å². The van der Waals surface area contributed by atoms with Gasteiger partial charge < -0.3 is 28.4 Å². The lowest BCUT2D eigenvalue weighted by Gasteiger charge is -2.45. The molecular weight excluding hydrogens is 1800 g/mol. The molecule has 0 N–H and O–H groups in total. The Morgan fingerprint density at radius 3 is 0.721 bits per heavy atom. The van der Waals surface area contributed by atoms with Crippen molar-refractivity contribution in [1.29, 1.82) is 0 Å². The second-order valence-electron chi connectivity index (χ2n) is 48.6. The van der Waals surface area contributed by atoms with Crippen molar-refractivity contribution in [1.82, 2.24) is 0 Å². The monoisotopic (exact) mass is 1960 g/mol. The summed E-state index contributed by atoms with van der Waals surface area (Å²) in [5, 5.41) is 0. The number of fused-ring (bicyclic) bond motifs is 17. The van der Waals surface area contributed by atoms with Gasteiger partial charge in [-0.2, -0.15) is 0 Å². The molecular formula is C135H158N6O6+6. The first kappa shape index (κ1) is 97.3. The van der Waals surface area contributed by atoms with Crippen molar-refractivity contribution in [2.75, 3.05) is 6.61 Å². The van der Waals surface area contributed by atoms with Gasteiger partial charge in [0, 0.05) is 152 Å². The summed E-state index contributed by atoms with van der Waals surface area (Å²) < 4.78 is 54.2. The van der Waals surface area contributed by atoms with E-state index in [-0.39, 0.29) is 49.7 Å². The molecule has 7 aromatic carbocycles. The van der Waals surface area contributed by atoms with Crippen LogP contribution in [0.2, 0.25) is 0 Å². The van der Waals surface area contributed by atoms with Crippen LogP contribution in [0.5, 0.6) is 34.5 Å². The topological polar surface area (TPSA) is 78.7 Å². The average molecular weight is 1960 g/mol. The molecule has 9 fully saturated rings. The Hall–Kier alpha value is -11.8. The van der Waals surface area contributed by atoms with E-state index in [1.807, 2.05) is 0 Å². The van der Waals surface area contributed by atoms with Crippen molar-refractivity contribution < 1.29 is 55.8 Å². The fourth-order valence-corrected chi connectivity index (χ4v) is 32.8. The molecule has 12 heterocycles. The molecule has 12 nitrogen and oxygen atoms in total. The molecule has 12 heteroatoms. The van der Waals surface area contributed by atoms with Crippen LogP contribution in [0.25, 0.3) is 67.5 Å². The fourth-order valence-electron chi connectivity index (χ4n) is 32.8. The first-order valence-corrected chi connectivity index (χ1v) is 57.0. The predicted molar refractivity (Wildman–Crippen MR) is 586 cm³/mol. The first-order chi connectivity index (χ1) is 71.3. The maximum Gasteiger partial charge on any atom is 0.216 e. The third kappa shape index (κ3) is 15.3. The quantitative estimate of drug-likeness (QED) is 0.154. The van der Waals surface area contributed by atoms with Gasteiger partial charge in [0.2, 0.25) is 34.2 Å². The van der Waals surface area contributed by atoms with Gasteiger partial charge in [-0.3, -0.25) is 0 Å². The Labute approximate surface area is 875 Å². The summed E-state index contributed by atoms with van der Waals surface area (Å²) in [6.07, 6.45) is 60.4. The molecule has 6 aromatic heterocycles. The van der Waals surface area contributed by atoms with E-state index in [2.05, 4.69) is 369 Å². The zero-order valence-corrected chi connectivity index (χ0v) is 90.6. The van der Waals surface area contributed by atoms with E-state index in [0.29, 0.717) is 10.8 Å². The van der Waals surface area contributed by atoms with E-state index in [4.69, 9.17) is 28.4 Å². The second kappa shape index (κ2) is 37.5. The minimum Gasteiger partial charge on any atom is -0.491 e. The van der Waals surface area contributed by atoms with Crippen molar-refractivity contribution in [3.05, 3.63) is 321 Å². The minimum atomic E-state index is -0.123. The number of hydrogen-bond acceptors (Lipinski definition) is 6.